The number of aliphatic carboxylic acids is 1. The van der Waals surface area contributed by atoms with E-state index in [0.717, 1.165) is 24.3 Å². The molecule has 0 saturated heterocycles. The highest BCUT2D eigenvalue weighted by Gasteiger charge is 2.44. The highest BCUT2D eigenvalue weighted by molar-refractivity contribution is 6.02. The van der Waals surface area contributed by atoms with E-state index in [-0.39, 0.29) is 11.7 Å². The van der Waals surface area contributed by atoms with E-state index in [2.05, 4.69) is 48.0 Å². The largest absolute Gasteiger partial charge is 0.481 e. The second kappa shape index (κ2) is 11.4. The molecule has 1 saturated carbocycles. The second-order valence-electron chi connectivity index (χ2n) is 9.74. The topological polar surface area (TPSA) is 90.9 Å². The molecule has 9 heteroatoms. The van der Waals surface area contributed by atoms with Gasteiger partial charge in [0.15, 0.2) is 0 Å². The lowest BCUT2D eigenvalue weighted by atomic mass is 10.0. The molecule has 3 rings (SSSR count). The van der Waals surface area contributed by atoms with E-state index in [4.69, 9.17) is 0 Å². The number of carboxylic acids is 1. The number of carbonyl (C=O) groups is 2. The number of nitrogens with zero attached hydrogens (tertiary/aromatic N) is 1. The number of urea groups is 1. The fourth-order valence-corrected chi connectivity index (χ4v) is 4.15. The maximum absolute atomic E-state index is 12.8. The van der Waals surface area contributed by atoms with Crippen molar-refractivity contribution in [2.45, 2.75) is 46.6 Å². The van der Waals surface area contributed by atoms with Crippen LogP contribution in [-0.2, 0) is 4.79 Å². The van der Waals surface area contributed by atoms with Crippen LogP contribution in [0.5, 0.6) is 5.75 Å². The van der Waals surface area contributed by atoms with E-state index >= 15 is 0 Å². The number of ether oxygens (including phenoxy) is 1. The van der Waals surface area contributed by atoms with Gasteiger partial charge in [-0.15, -0.1) is 0 Å². The Labute approximate surface area is 204 Å². The summed E-state index contributed by atoms with van der Waals surface area (Å²) in [6.07, 6.45) is 0.578. The Balaban J connectivity index is 1.83. The predicted molar refractivity (Wildman–Crippen MR) is 133 cm³/mol. The van der Waals surface area contributed by atoms with E-state index in [0.29, 0.717) is 29.6 Å². The molecule has 1 aliphatic carbocycles. The first-order valence-electron chi connectivity index (χ1n) is 11.8. The molecule has 0 spiro atoms. The molecule has 3 N–H and O–H groups in total. The fraction of sp³-hybridized carbons (Fsp3) is 0.462. The lowest BCUT2D eigenvalue weighted by molar-refractivity contribution is -0.138. The maximum atomic E-state index is 12.8. The first-order valence-corrected chi connectivity index (χ1v) is 11.8. The molecule has 0 radical (unpaired) electrons. The number of hydrogen-bond acceptors (Lipinski definition) is 4. The number of nitrogens with one attached hydrogen (secondary N) is 2. The number of rotatable bonds is 11. The SMILES string of the molecule is CC(C)CN(CC(C)C)c1ccc([C@H]2C[C@H]2C(=O)O)cc1NC(=O)Nc1ccc(OC(F)F)cc1. The van der Waals surface area contributed by atoms with Crippen LogP contribution in [0, 0.1) is 17.8 Å². The van der Waals surface area contributed by atoms with Crippen LogP contribution in [-0.4, -0.2) is 36.8 Å². The summed E-state index contributed by atoms with van der Waals surface area (Å²) >= 11 is 0. The minimum atomic E-state index is -2.92. The molecular weight excluding hydrogens is 456 g/mol. The summed E-state index contributed by atoms with van der Waals surface area (Å²) in [5, 5.41) is 14.9. The molecule has 2 aromatic rings. The van der Waals surface area contributed by atoms with Gasteiger partial charge in [-0.2, -0.15) is 8.78 Å². The number of hydrogen-bond donors (Lipinski definition) is 3. The molecule has 0 heterocycles. The van der Waals surface area contributed by atoms with Crippen molar-refractivity contribution in [2.75, 3.05) is 28.6 Å². The van der Waals surface area contributed by atoms with Crippen LogP contribution in [0.3, 0.4) is 0 Å². The Morgan fingerprint density at radius 1 is 1.03 bits per heavy atom. The average Bonchev–Trinajstić information content (AvgIpc) is 3.55. The molecule has 2 atom stereocenters. The lowest BCUT2D eigenvalue weighted by Gasteiger charge is -2.30. The number of halogens is 2. The minimum Gasteiger partial charge on any atom is -0.481 e. The van der Waals surface area contributed by atoms with Crippen LogP contribution in [0.1, 0.15) is 45.6 Å². The van der Waals surface area contributed by atoms with Crippen LogP contribution >= 0.6 is 0 Å². The number of amides is 2. The van der Waals surface area contributed by atoms with Crippen molar-refractivity contribution in [3.05, 3.63) is 48.0 Å². The van der Waals surface area contributed by atoms with E-state index in [1.165, 1.54) is 24.3 Å². The third kappa shape index (κ3) is 7.56. The Morgan fingerprint density at radius 3 is 2.17 bits per heavy atom. The number of carbonyl (C=O) groups excluding carboxylic acids is 1. The molecule has 190 valence electrons. The van der Waals surface area contributed by atoms with Gasteiger partial charge in [0.2, 0.25) is 0 Å². The molecule has 7 nitrogen and oxygen atoms in total. The first kappa shape index (κ1) is 26.2. The third-order valence-corrected chi connectivity index (χ3v) is 5.65. The average molecular weight is 490 g/mol. The van der Waals surface area contributed by atoms with Crippen molar-refractivity contribution in [3.8, 4) is 5.75 Å². The lowest BCUT2D eigenvalue weighted by Crippen LogP contribution is -2.32. The maximum Gasteiger partial charge on any atom is 0.387 e. The van der Waals surface area contributed by atoms with E-state index in [1.807, 2.05) is 18.2 Å². The molecule has 35 heavy (non-hydrogen) atoms. The zero-order valence-corrected chi connectivity index (χ0v) is 20.4. The van der Waals surface area contributed by atoms with Crippen LogP contribution in [0.25, 0.3) is 0 Å². The molecule has 0 bridgehead atoms. The van der Waals surface area contributed by atoms with E-state index < -0.39 is 24.5 Å². The predicted octanol–water partition coefficient (Wildman–Crippen LogP) is 6.24. The van der Waals surface area contributed by atoms with Gasteiger partial charge in [0.1, 0.15) is 5.75 Å². The van der Waals surface area contributed by atoms with Gasteiger partial charge in [-0.05, 0) is 66.1 Å². The first-order chi connectivity index (χ1) is 16.5. The standard InChI is InChI=1S/C26H33F2N3O4/c1-15(2)13-31(14-16(3)4)23-10-5-17(20-12-21(20)24(32)33)11-22(23)30-26(34)29-18-6-8-19(9-7-18)35-25(27)28/h5-11,15-16,20-21,25H,12-14H2,1-4H3,(H,32,33)(H2,29,30,34)/t20-,21-/m1/s1. The summed E-state index contributed by atoms with van der Waals surface area (Å²) in [5.41, 5.74) is 2.74. The normalized spacial score (nSPS) is 16.9. The van der Waals surface area contributed by atoms with Crippen molar-refractivity contribution in [1.29, 1.82) is 0 Å². The van der Waals surface area contributed by atoms with Crippen molar-refractivity contribution in [1.82, 2.24) is 0 Å². The smallest absolute Gasteiger partial charge is 0.387 e. The zero-order chi connectivity index (χ0) is 25.7. The highest BCUT2D eigenvalue weighted by atomic mass is 19.3. The number of benzene rings is 2. The Hall–Kier alpha value is -3.36. The van der Waals surface area contributed by atoms with Gasteiger partial charge >= 0.3 is 18.6 Å². The summed E-state index contributed by atoms with van der Waals surface area (Å²) in [6, 6.07) is 10.9. The highest BCUT2D eigenvalue weighted by Crippen LogP contribution is 2.49. The quantitative estimate of drug-likeness (QED) is 0.348. The van der Waals surface area contributed by atoms with Gasteiger partial charge in [0.25, 0.3) is 0 Å². The number of carboxylic acid groups (broad SMARTS) is 1. The van der Waals surface area contributed by atoms with E-state index in [1.54, 1.807) is 0 Å². The van der Waals surface area contributed by atoms with Crippen LogP contribution < -0.4 is 20.3 Å². The third-order valence-electron chi connectivity index (χ3n) is 5.65. The van der Waals surface area contributed by atoms with E-state index in [9.17, 15) is 23.5 Å². The molecule has 1 fully saturated rings. The Morgan fingerprint density at radius 2 is 1.66 bits per heavy atom. The molecule has 0 aromatic heterocycles. The zero-order valence-electron chi connectivity index (χ0n) is 20.4. The minimum absolute atomic E-state index is 0.00336. The van der Waals surface area contributed by atoms with Gasteiger partial charge in [-0.1, -0.05) is 33.8 Å². The van der Waals surface area contributed by atoms with Crippen molar-refractivity contribution >= 4 is 29.1 Å². The molecular formula is C26H33F2N3O4. The summed E-state index contributed by atoms with van der Waals surface area (Å²) < 4.78 is 29.0. The number of alkyl halides is 2. The van der Waals surface area contributed by atoms with Crippen LogP contribution in [0.15, 0.2) is 42.5 Å². The van der Waals surface area contributed by atoms with Crippen molar-refractivity contribution in [2.24, 2.45) is 17.8 Å². The van der Waals surface area contributed by atoms with Gasteiger partial charge < -0.3 is 25.4 Å². The fourth-order valence-electron chi connectivity index (χ4n) is 4.15. The van der Waals surface area contributed by atoms with Crippen LogP contribution in [0.2, 0.25) is 0 Å². The molecule has 0 aliphatic heterocycles. The van der Waals surface area contributed by atoms with Gasteiger partial charge in [0, 0.05) is 18.8 Å². The van der Waals surface area contributed by atoms with Crippen molar-refractivity contribution < 1.29 is 28.2 Å². The molecule has 2 amide bonds. The molecule has 1 aliphatic rings. The summed E-state index contributed by atoms with van der Waals surface area (Å²) in [5.74, 6) is -0.508. The second-order valence-corrected chi connectivity index (χ2v) is 9.74. The van der Waals surface area contributed by atoms with Crippen molar-refractivity contribution in [3.63, 3.8) is 0 Å². The summed E-state index contributed by atoms with van der Waals surface area (Å²) in [4.78, 5) is 26.4. The Bertz CT molecular complexity index is 1020. The van der Waals surface area contributed by atoms with Crippen LogP contribution in [0.4, 0.5) is 30.6 Å². The Kier molecular flexibility index (Phi) is 8.53. The molecule has 2 aromatic carbocycles. The van der Waals surface area contributed by atoms with Gasteiger partial charge in [-0.3, -0.25) is 4.79 Å². The molecule has 0 unspecified atom stereocenters. The van der Waals surface area contributed by atoms with Gasteiger partial charge in [0.05, 0.1) is 17.3 Å². The number of anilines is 3. The summed E-state index contributed by atoms with van der Waals surface area (Å²) in [7, 11) is 0. The van der Waals surface area contributed by atoms with Gasteiger partial charge in [-0.25, -0.2) is 4.79 Å². The monoisotopic (exact) mass is 489 g/mol. The summed E-state index contributed by atoms with van der Waals surface area (Å²) in [6.45, 7) is 7.18.